The predicted molar refractivity (Wildman–Crippen MR) is 63.2 cm³/mol. The van der Waals surface area contributed by atoms with Crippen LogP contribution in [-0.4, -0.2) is 17.3 Å². The van der Waals surface area contributed by atoms with Gasteiger partial charge in [0.05, 0.1) is 12.8 Å². The lowest BCUT2D eigenvalue weighted by atomic mass is 10.1. The monoisotopic (exact) mass is 266 g/mol. The van der Waals surface area contributed by atoms with Gasteiger partial charge in [-0.05, 0) is 18.2 Å². The molecular weight excluding hydrogens is 256 g/mol. The first-order valence-electron chi connectivity index (χ1n) is 4.58. The molecule has 4 heteroatoms. The summed E-state index contributed by atoms with van der Waals surface area (Å²) in [5, 5.41) is 7.96. The molecule has 0 spiro atoms. The zero-order valence-electron chi connectivity index (χ0n) is 8.33. The summed E-state index contributed by atoms with van der Waals surface area (Å²) in [5.74, 6) is 0.843. The van der Waals surface area contributed by atoms with Crippen molar-refractivity contribution in [2.75, 3.05) is 7.11 Å². The number of ether oxygens (including phenoxy) is 1. The van der Waals surface area contributed by atoms with E-state index in [-0.39, 0.29) is 0 Å². The molecule has 0 aliphatic heterocycles. The van der Waals surface area contributed by atoms with E-state index in [9.17, 15) is 0 Å². The van der Waals surface area contributed by atoms with Gasteiger partial charge in [0.1, 0.15) is 5.75 Å². The zero-order chi connectivity index (χ0) is 10.7. The Morgan fingerprint density at radius 2 is 2.27 bits per heavy atom. The van der Waals surface area contributed by atoms with Gasteiger partial charge in [-0.15, -0.1) is 0 Å². The summed E-state index contributed by atoms with van der Waals surface area (Å²) in [4.78, 5) is 0. The van der Waals surface area contributed by atoms with Crippen LogP contribution in [0.3, 0.4) is 0 Å². The van der Waals surface area contributed by atoms with Gasteiger partial charge in [0.25, 0.3) is 0 Å². The number of hydrogen-bond donors (Lipinski definition) is 1. The van der Waals surface area contributed by atoms with Crippen LogP contribution in [0.15, 0.2) is 30.3 Å². The molecule has 1 aromatic heterocycles. The lowest BCUT2D eigenvalue weighted by Crippen LogP contribution is -1.83. The van der Waals surface area contributed by atoms with E-state index in [2.05, 4.69) is 26.1 Å². The van der Waals surface area contributed by atoms with E-state index >= 15 is 0 Å². The first-order chi connectivity index (χ1) is 7.33. The number of hydrogen-bond acceptors (Lipinski definition) is 2. The number of aromatic nitrogens is 2. The van der Waals surface area contributed by atoms with Gasteiger partial charge in [-0.25, -0.2) is 0 Å². The Morgan fingerprint density at radius 3 is 2.93 bits per heavy atom. The van der Waals surface area contributed by atoms with Gasteiger partial charge in [0.2, 0.25) is 0 Å². The molecule has 78 valence electrons. The van der Waals surface area contributed by atoms with E-state index in [0.717, 1.165) is 28.0 Å². The fourth-order valence-corrected chi connectivity index (χ4v) is 1.65. The van der Waals surface area contributed by atoms with Crippen molar-refractivity contribution in [3.8, 4) is 17.0 Å². The molecular formula is C11H11BrN2O. The van der Waals surface area contributed by atoms with Crippen LogP contribution in [0.4, 0.5) is 0 Å². The van der Waals surface area contributed by atoms with Crippen LogP contribution >= 0.6 is 15.9 Å². The maximum Gasteiger partial charge on any atom is 0.119 e. The standard InChI is InChI=1S/C11H11BrN2O/c1-15-10-4-2-3-8(5-10)11-6-9(7-12)13-14-11/h2-6H,7H2,1H3,(H,13,14). The van der Waals surface area contributed by atoms with Crippen molar-refractivity contribution in [1.29, 1.82) is 0 Å². The van der Waals surface area contributed by atoms with Gasteiger partial charge in [-0.2, -0.15) is 5.10 Å². The van der Waals surface area contributed by atoms with Crippen molar-refractivity contribution < 1.29 is 4.74 Å². The molecule has 0 aliphatic rings. The average Bonchev–Trinajstić information content (AvgIpc) is 2.78. The third-order valence-electron chi connectivity index (χ3n) is 2.14. The lowest BCUT2D eigenvalue weighted by molar-refractivity contribution is 0.415. The van der Waals surface area contributed by atoms with Crippen molar-refractivity contribution in [2.24, 2.45) is 0 Å². The number of alkyl halides is 1. The van der Waals surface area contributed by atoms with Gasteiger partial charge in [0, 0.05) is 16.6 Å². The molecule has 0 aliphatic carbocycles. The molecule has 0 unspecified atom stereocenters. The highest BCUT2D eigenvalue weighted by Gasteiger charge is 2.03. The smallest absolute Gasteiger partial charge is 0.119 e. The Hall–Kier alpha value is -1.29. The van der Waals surface area contributed by atoms with Crippen LogP contribution in [0.25, 0.3) is 11.3 Å². The number of nitrogens with one attached hydrogen (secondary N) is 1. The first-order valence-corrected chi connectivity index (χ1v) is 5.70. The summed E-state index contributed by atoms with van der Waals surface area (Å²) in [5.41, 5.74) is 3.05. The average molecular weight is 267 g/mol. The fraction of sp³-hybridized carbons (Fsp3) is 0.182. The summed E-state index contributed by atoms with van der Waals surface area (Å²) in [7, 11) is 1.66. The van der Waals surface area contributed by atoms with Gasteiger partial charge in [0.15, 0.2) is 0 Å². The summed E-state index contributed by atoms with van der Waals surface area (Å²) >= 11 is 3.38. The number of benzene rings is 1. The third-order valence-corrected chi connectivity index (χ3v) is 2.74. The maximum absolute atomic E-state index is 5.16. The van der Waals surface area contributed by atoms with E-state index in [1.165, 1.54) is 0 Å². The fourth-order valence-electron chi connectivity index (χ4n) is 1.36. The summed E-state index contributed by atoms with van der Waals surface area (Å²) in [6, 6.07) is 9.87. The van der Waals surface area contributed by atoms with Gasteiger partial charge >= 0.3 is 0 Å². The van der Waals surface area contributed by atoms with E-state index in [1.807, 2.05) is 30.3 Å². The molecule has 0 saturated heterocycles. The second kappa shape index (κ2) is 4.49. The molecule has 0 saturated carbocycles. The second-order valence-corrected chi connectivity index (χ2v) is 3.70. The van der Waals surface area contributed by atoms with E-state index in [1.54, 1.807) is 7.11 Å². The second-order valence-electron chi connectivity index (χ2n) is 3.14. The topological polar surface area (TPSA) is 37.9 Å². The highest BCUT2D eigenvalue weighted by molar-refractivity contribution is 9.08. The molecule has 15 heavy (non-hydrogen) atoms. The Balaban J connectivity index is 2.35. The predicted octanol–water partition coefficient (Wildman–Crippen LogP) is 2.98. The Bertz CT molecular complexity index is 453. The summed E-state index contributed by atoms with van der Waals surface area (Å²) in [6.45, 7) is 0. The molecule has 0 amide bonds. The van der Waals surface area contributed by atoms with Crippen molar-refractivity contribution in [2.45, 2.75) is 5.33 Å². The molecule has 2 rings (SSSR count). The minimum Gasteiger partial charge on any atom is -0.497 e. The molecule has 1 aromatic carbocycles. The molecule has 1 N–H and O–H groups in total. The Morgan fingerprint density at radius 1 is 1.40 bits per heavy atom. The van der Waals surface area contributed by atoms with Gasteiger partial charge in [-0.1, -0.05) is 28.1 Å². The van der Waals surface area contributed by atoms with Gasteiger partial charge in [-0.3, -0.25) is 5.10 Å². The highest BCUT2D eigenvalue weighted by atomic mass is 79.9. The quantitative estimate of drug-likeness (QED) is 0.868. The molecule has 0 fully saturated rings. The summed E-state index contributed by atoms with van der Waals surface area (Å²) < 4.78 is 5.16. The normalized spacial score (nSPS) is 10.3. The number of rotatable bonds is 3. The molecule has 2 aromatic rings. The Labute approximate surface area is 96.6 Å². The van der Waals surface area contributed by atoms with Crippen LogP contribution in [0.2, 0.25) is 0 Å². The van der Waals surface area contributed by atoms with Crippen molar-refractivity contribution in [3.05, 3.63) is 36.0 Å². The molecule has 0 atom stereocenters. The number of H-pyrrole nitrogens is 1. The maximum atomic E-state index is 5.16. The van der Waals surface area contributed by atoms with Crippen LogP contribution in [-0.2, 0) is 5.33 Å². The van der Waals surface area contributed by atoms with Crippen LogP contribution in [0, 0.1) is 0 Å². The number of aromatic amines is 1. The highest BCUT2D eigenvalue weighted by Crippen LogP contribution is 2.22. The Kier molecular flexibility index (Phi) is 3.06. The van der Waals surface area contributed by atoms with Crippen LogP contribution in [0.1, 0.15) is 5.69 Å². The van der Waals surface area contributed by atoms with Crippen LogP contribution in [0.5, 0.6) is 5.75 Å². The molecule has 3 nitrogen and oxygen atoms in total. The molecule has 0 bridgehead atoms. The SMILES string of the molecule is COc1cccc(-c2cc(CBr)[nH]n2)c1. The van der Waals surface area contributed by atoms with E-state index in [0.29, 0.717) is 0 Å². The largest absolute Gasteiger partial charge is 0.497 e. The zero-order valence-corrected chi connectivity index (χ0v) is 9.91. The van der Waals surface area contributed by atoms with Gasteiger partial charge < -0.3 is 4.74 Å². The minimum atomic E-state index is 0.782. The lowest BCUT2D eigenvalue weighted by Gasteiger charge is -2.00. The number of nitrogens with zero attached hydrogens (tertiary/aromatic N) is 1. The van der Waals surface area contributed by atoms with Crippen molar-refractivity contribution >= 4 is 15.9 Å². The molecule has 1 heterocycles. The van der Waals surface area contributed by atoms with Crippen molar-refractivity contribution in [3.63, 3.8) is 0 Å². The first kappa shape index (κ1) is 10.2. The van der Waals surface area contributed by atoms with Crippen molar-refractivity contribution in [1.82, 2.24) is 10.2 Å². The summed E-state index contributed by atoms with van der Waals surface area (Å²) in [6.07, 6.45) is 0. The number of methoxy groups -OCH3 is 1. The third kappa shape index (κ3) is 2.21. The van der Waals surface area contributed by atoms with E-state index < -0.39 is 0 Å². The number of halogens is 1. The molecule has 0 radical (unpaired) electrons. The van der Waals surface area contributed by atoms with Crippen LogP contribution < -0.4 is 4.74 Å². The minimum absolute atomic E-state index is 0.782. The van der Waals surface area contributed by atoms with E-state index in [4.69, 9.17) is 4.74 Å².